The van der Waals surface area contributed by atoms with Crippen molar-refractivity contribution in [3.8, 4) is 11.3 Å². The van der Waals surface area contributed by atoms with Crippen LogP contribution < -0.4 is 5.73 Å². The number of carbonyl (C=O) groups is 1. The standard InChI is InChI=1S/C19H21N5O5/c20-12(19(27)28)5-10-1-3-11(4-2-10)16-17-18(22-8-21-16)24(9-23-17)15-6-13(26)14(7-25)29-15/h1-4,8-9,12-15,25-26H,5-7,20H2,(H,27,28)/t12-,13+,14-,15-/m1/s1. The lowest BCUT2D eigenvalue weighted by atomic mass is 10.0. The molecule has 4 rings (SSSR count). The number of nitrogens with zero attached hydrogens (tertiary/aromatic N) is 4. The van der Waals surface area contributed by atoms with Crippen LogP contribution in [0.5, 0.6) is 0 Å². The van der Waals surface area contributed by atoms with E-state index in [4.69, 9.17) is 15.6 Å². The van der Waals surface area contributed by atoms with E-state index in [1.165, 1.54) is 6.33 Å². The highest BCUT2D eigenvalue weighted by Gasteiger charge is 2.35. The van der Waals surface area contributed by atoms with Crippen molar-refractivity contribution in [2.45, 2.75) is 37.3 Å². The number of aromatic nitrogens is 4. The number of aliphatic hydroxyl groups excluding tert-OH is 2. The largest absolute Gasteiger partial charge is 0.480 e. The molecule has 5 N–H and O–H groups in total. The number of fused-ring (bicyclic) bond motifs is 1. The van der Waals surface area contributed by atoms with Gasteiger partial charge in [0.2, 0.25) is 0 Å². The van der Waals surface area contributed by atoms with Crippen LogP contribution in [0.3, 0.4) is 0 Å². The van der Waals surface area contributed by atoms with Gasteiger partial charge in [-0.1, -0.05) is 24.3 Å². The Morgan fingerprint density at radius 3 is 2.69 bits per heavy atom. The van der Waals surface area contributed by atoms with Gasteiger partial charge in [0, 0.05) is 12.0 Å². The highest BCUT2D eigenvalue weighted by molar-refractivity contribution is 5.87. The maximum absolute atomic E-state index is 10.9. The normalized spacial score (nSPS) is 22.8. The highest BCUT2D eigenvalue weighted by atomic mass is 16.5. The molecule has 1 fully saturated rings. The van der Waals surface area contributed by atoms with Crippen LogP contribution in [0.2, 0.25) is 0 Å². The number of rotatable bonds is 6. The van der Waals surface area contributed by atoms with E-state index in [9.17, 15) is 15.0 Å². The minimum atomic E-state index is -1.04. The van der Waals surface area contributed by atoms with E-state index in [0.29, 0.717) is 23.3 Å². The molecule has 3 heterocycles. The molecule has 1 aliphatic heterocycles. The molecule has 0 amide bonds. The summed E-state index contributed by atoms with van der Waals surface area (Å²) in [4.78, 5) is 24.0. The summed E-state index contributed by atoms with van der Waals surface area (Å²) < 4.78 is 7.42. The molecular weight excluding hydrogens is 378 g/mol. The van der Waals surface area contributed by atoms with E-state index in [1.54, 1.807) is 10.9 Å². The average molecular weight is 399 g/mol. The van der Waals surface area contributed by atoms with Gasteiger partial charge in [-0.15, -0.1) is 0 Å². The molecule has 2 aromatic heterocycles. The van der Waals surface area contributed by atoms with Gasteiger partial charge >= 0.3 is 5.97 Å². The molecule has 10 heteroatoms. The molecule has 0 unspecified atom stereocenters. The summed E-state index contributed by atoms with van der Waals surface area (Å²) in [5, 5.41) is 28.2. The number of carboxylic acids is 1. The summed E-state index contributed by atoms with van der Waals surface area (Å²) in [5.74, 6) is -1.04. The van der Waals surface area contributed by atoms with Crippen LogP contribution in [0.4, 0.5) is 0 Å². The van der Waals surface area contributed by atoms with Crippen LogP contribution in [-0.2, 0) is 16.0 Å². The molecule has 29 heavy (non-hydrogen) atoms. The highest BCUT2D eigenvalue weighted by Crippen LogP contribution is 2.32. The van der Waals surface area contributed by atoms with E-state index in [1.807, 2.05) is 24.3 Å². The zero-order valence-electron chi connectivity index (χ0n) is 15.4. The van der Waals surface area contributed by atoms with Crippen LogP contribution in [0.1, 0.15) is 18.2 Å². The first-order valence-electron chi connectivity index (χ1n) is 9.17. The van der Waals surface area contributed by atoms with Gasteiger partial charge < -0.3 is 25.8 Å². The fourth-order valence-corrected chi connectivity index (χ4v) is 3.46. The average Bonchev–Trinajstić information content (AvgIpc) is 3.31. The van der Waals surface area contributed by atoms with E-state index >= 15 is 0 Å². The van der Waals surface area contributed by atoms with Gasteiger partial charge in [0.05, 0.1) is 19.0 Å². The first-order valence-corrected chi connectivity index (χ1v) is 9.17. The zero-order chi connectivity index (χ0) is 20.5. The Bertz CT molecular complexity index is 1020. The second kappa shape index (κ2) is 7.84. The molecule has 0 aliphatic carbocycles. The minimum Gasteiger partial charge on any atom is -0.480 e. The van der Waals surface area contributed by atoms with E-state index in [-0.39, 0.29) is 13.0 Å². The van der Waals surface area contributed by atoms with Gasteiger partial charge in [-0.3, -0.25) is 9.36 Å². The number of benzene rings is 1. The summed E-state index contributed by atoms with van der Waals surface area (Å²) >= 11 is 0. The number of carboxylic acid groups (broad SMARTS) is 1. The predicted molar refractivity (Wildman–Crippen MR) is 102 cm³/mol. The number of imidazole rings is 1. The van der Waals surface area contributed by atoms with Gasteiger partial charge in [-0.05, 0) is 12.0 Å². The molecule has 4 atom stereocenters. The maximum atomic E-state index is 10.9. The Hall–Kier alpha value is -2.92. The lowest BCUT2D eigenvalue weighted by molar-refractivity contribution is -0.138. The van der Waals surface area contributed by atoms with E-state index in [2.05, 4.69) is 15.0 Å². The third kappa shape index (κ3) is 3.70. The third-order valence-electron chi connectivity index (χ3n) is 5.05. The van der Waals surface area contributed by atoms with Crippen molar-refractivity contribution in [2.75, 3.05) is 6.61 Å². The van der Waals surface area contributed by atoms with Crippen LogP contribution in [0.15, 0.2) is 36.9 Å². The van der Waals surface area contributed by atoms with Crippen LogP contribution in [-0.4, -0.2) is 65.7 Å². The number of ether oxygens (including phenoxy) is 1. The Morgan fingerprint density at radius 2 is 2.03 bits per heavy atom. The summed E-state index contributed by atoms with van der Waals surface area (Å²) in [6.45, 7) is -0.261. The lowest BCUT2D eigenvalue weighted by Gasteiger charge is -2.13. The molecule has 152 valence electrons. The van der Waals surface area contributed by atoms with E-state index < -0.39 is 30.4 Å². The molecule has 10 nitrogen and oxygen atoms in total. The van der Waals surface area contributed by atoms with Crippen molar-refractivity contribution in [1.29, 1.82) is 0 Å². The number of aliphatic hydroxyl groups is 2. The minimum absolute atomic E-state index is 0.233. The van der Waals surface area contributed by atoms with Crippen molar-refractivity contribution in [2.24, 2.45) is 5.73 Å². The molecule has 0 spiro atoms. The van der Waals surface area contributed by atoms with Gasteiger partial charge in [0.1, 0.15) is 35.9 Å². The SMILES string of the molecule is N[C@H](Cc1ccc(-c2ncnc3c2ncn3[C@H]2C[C@H](O)[C@@H](CO)O2)cc1)C(=O)O. The second-order valence-electron chi connectivity index (χ2n) is 7.01. The Balaban J connectivity index is 1.62. The van der Waals surface area contributed by atoms with Gasteiger partial charge in [-0.2, -0.15) is 0 Å². The van der Waals surface area contributed by atoms with Gasteiger partial charge in [0.15, 0.2) is 5.65 Å². The van der Waals surface area contributed by atoms with Crippen molar-refractivity contribution in [1.82, 2.24) is 19.5 Å². The quantitative estimate of drug-likeness (QED) is 0.451. The molecule has 0 saturated carbocycles. The van der Waals surface area contributed by atoms with Crippen molar-refractivity contribution in [3.05, 3.63) is 42.5 Å². The number of hydrogen-bond acceptors (Lipinski definition) is 8. The summed E-state index contributed by atoms with van der Waals surface area (Å²) in [6.07, 6.45) is 1.71. The fraction of sp³-hybridized carbons (Fsp3) is 0.368. The van der Waals surface area contributed by atoms with Crippen LogP contribution >= 0.6 is 0 Å². The smallest absolute Gasteiger partial charge is 0.320 e. The Labute approximate surface area is 165 Å². The van der Waals surface area contributed by atoms with Crippen LogP contribution in [0, 0.1) is 0 Å². The van der Waals surface area contributed by atoms with E-state index in [0.717, 1.165) is 11.1 Å². The number of aliphatic carboxylic acids is 1. The molecule has 1 saturated heterocycles. The monoisotopic (exact) mass is 399 g/mol. The molecule has 1 aromatic carbocycles. The van der Waals surface area contributed by atoms with Crippen molar-refractivity contribution >= 4 is 17.1 Å². The van der Waals surface area contributed by atoms with Gasteiger partial charge in [-0.25, -0.2) is 15.0 Å². The van der Waals surface area contributed by atoms with Crippen LogP contribution in [0.25, 0.3) is 22.4 Å². The lowest BCUT2D eigenvalue weighted by Crippen LogP contribution is -2.32. The fourth-order valence-electron chi connectivity index (χ4n) is 3.46. The summed E-state index contributed by atoms with van der Waals surface area (Å²) in [7, 11) is 0. The Morgan fingerprint density at radius 1 is 1.28 bits per heavy atom. The Kier molecular flexibility index (Phi) is 5.24. The maximum Gasteiger partial charge on any atom is 0.320 e. The third-order valence-corrected chi connectivity index (χ3v) is 5.05. The molecule has 3 aromatic rings. The first kappa shape index (κ1) is 19.4. The van der Waals surface area contributed by atoms with Crippen molar-refractivity contribution in [3.63, 3.8) is 0 Å². The first-order chi connectivity index (χ1) is 14.0. The van der Waals surface area contributed by atoms with Crippen molar-refractivity contribution < 1.29 is 24.9 Å². The molecule has 1 aliphatic rings. The zero-order valence-corrected chi connectivity index (χ0v) is 15.4. The molecular formula is C19H21N5O5. The molecule has 0 bridgehead atoms. The summed E-state index contributed by atoms with van der Waals surface area (Å²) in [5.41, 5.74) is 8.96. The molecule has 0 radical (unpaired) electrons. The number of hydrogen-bond donors (Lipinski definition) is 4. The summed E-state index contributed by atoms with van der Waals surface area (Å²) in [6, 6.07) is 6.34. The number of nitrogens with two attached hydrogens (primary N) is 1. The van der Waals surface area contributed by atoms with Gasteiger partial charge in [0.25, 0.3) is 0 Å². The predicted octanol–water partition coefficient (Wildman–Crippen LogP) is 0.0884. The topological polar surface area (TPSA) is 157 Å². The second-order valence-corrected chi connectivity index (χ2v) is 7.01.